The number of hydrogen-bond acceptors (Lipinski definition) is 6. The highest BCUT2D eigenvalue weighted by atomic mass is 16.5. The van der Waals surface area contributed by atoms with Crippen molar-refractivity contribution in [2.24, 2.45) is 0 Å². The number of carbonyl (C=O) groups is 4. The SMILES string of the molecule is CN(c1cccc2c1C(=O)N(C1CCC(=O)NC1=O)C2=O)C1CCOCC1. The van der Waals surface area contributed by atoms with Crippen molar-refractivity contribution in [3.8, 4) is 0 Å². The summed E-state index contributed by atoms with van der Waals surface area (Å²) in [5.41, 5.74) is 1.33. The molecule has 1 N–H and O–H groups in total. The van der Waals surface area contributed by atoms with Gasteiger partial charge in [-0.15, -0.1) is 0 Å². The molecule has 0 radical (unpaired) electrons. The molecule has 4 rings (SSSR count). The summed E-state index contributed by atoms with van der Waals surface area (Å²) in [5.74, 6) is -1.93. The van der Waals surface area contributed by atoms with Crippen molar-refractivity contribution in [3.63, 3.8) is 0 Å². The molecule has 4 amide bonds. The van der Waals surface area contributed by atoms with Crippen molar-refractivity contribution in [2.45, 2.75) is 37.8 Å². The van der Waals surface area contributed by atoms with Crippen LogP contribution in [0.3, 0.4) is 0 Å². The van der Waals surface area contributed by atoms with Crippen LogP contribution in [-0.2, 0) is 14.3 Å². The molecule has 3 aliphatic rings. The van der Waals surface area contributed by atoms with Crippen LogP contribution < -0.4 is 10.2 Å². The quantitative estimate of drug-likeness (QED) is 0.786. The average Bonchev–Trinajstić information content (AvgIpc) is 2.93. The minimum atomic E-state index is -0.948. The van der Waals surface area contributed by atoms with Gasteiger partial charge < -0.3 is 9.64 Å². The Labute approximate surface area is 156 Å². The normalized spacial score (nSPS) is 23.4. The minimum Gasteiger partial charge on any atom is -0.381 e. The molecular weight excluding hydrogens is 350 g/mol. The van der Waals surface area contributed by atoms with E-state index in [0.717, 1.165) is 17.7 Å². The Hall–Kier alpha value is -2.74. The Balaban J connectivity index is 1.67. The van der Waals surface area contributed by atoms with Gasteiger partial charge in [0.05, 0.1) is 16.8 Å². The van der Waals surface area contributed by atoms with Gasteiger partial charge in [-0.3, -0.25) is 29.4 Å². The number of nitrogens with one attached hydrogen (secondary N) is 1. The van der Waals surface area contributed by atoms with Crippen molar-refractivity contribution in [3.05, 3.63) is 29.3 Å². The second-order valence-electron chi connectivity index (χ2n) is 7.10. The first-order valence-electron chi connectivity index (χ1n) is 9.14. The monoisotopic (exact) mass is 371 g/mol. The molecule has 142 valence electrons. The fourth-order valence-electron chi connectivity index (χ4n) is 4.06. The number of ether oxygens (including phenoxy) is 1. The van der Waals surface area contributed by atoms with Crippen molar-refractivity contribution in [1.29, 1.82) is 0 Å². The molecule has 0 aliphatic carbocycles. The summed E-state index contributed by atoms with van der Waals surface area (Å²) < 4.78 is 5.41. The summed E-state index contributed by atoms with van der Waals surface area (Å²) in [5, 5.41) is 2.21. The molecule has 1 aromatic rings. The first-order valence-corrected chi connectivity index (χ1v) is 9.14. The molecule has 1 aromatic carbocycles. The van der Waals surface area contributed by atoms with Gasteiger partial charge in [0.1, 0.15) is 6.04 Å². The molecule has 1 unspecified atom stereocenters. The molecule has 0 spiro atoms. The number of hydrogen-bond donors (Lipinski definition) is 1. The first kappa shape index (κ1) is 17.7. The lowest BCUT2D eigenvalue weighted by molar-refractivity contribution is -0.136. The Morgan fingerprint density at radius 2 is 1.81 bits per heavy atom. The highest BCUT2D eigenvalue weighted by Gasteiger charge is 2.46. The molecule has 1 atom stereocenters. The van der Waals surface area contributed by atoms with Crippen LogP contribution in [0.15, 0.2) is 18.2 Å². The summed E-state index contributed by atoms with van der Waals surface area (Å²) in [6, 6.07) is 4.47. The fraction of sp³-hybridized carbons (Fsp3) is 0.474. The number of rotatable bonds is 3. The molecule has 3 heterocycles. The van der Waals surface area contributed by atoms with E-state index in [1.807, 2.05) is 18.0 Å². The molecule has 2 saturated heterocycles. The Kier molecular flexibility index (Phi) is 4.43. The Morgan fingerprint density at radius 3 is 2.52 bits per heavy atom. The second kappa shape index (κ2) is 6.77. The summed E-state index contributed by atoms with van der Waals surface area (Å²) in [7, 11) is 1.91. The number of imide groups is 2. The zero-order valence-corrected chi connectivity index (χ0v) is 15.1. The minimum absolute atomic E-state index is 0.110. The lowest BCUT2D eigenvalue weighted by atomic mass is 10.0. The van der Waals surface area contributed by atoms with Crippen LogP contribution in [0.25, 0.3) is 0 Å². The van der Waals surface area contributed by atoms with Crippen molar-refractivity contribution in [1.82, 2.24) is 10.2 Å². The molecule has 0 aromatic heterocycles. The molecule has 0 saturated carbocycles. The smallest absolute Gasteiger partial charge is 0.264 e. The van der Waals surface area contributed by atoms with E-state index in [0.29, 0.717) is 30.0 Å². The summed E-state index contributed by atoms with van der Waals surface area (Å²) >= 11 is 0. The Bertz CT molecular complexity index is 831. The molecule has 3 aliphatic heterocycles. The first-order chi connectivity index (χ1) is 13.0. The van der Waals surface area contributed by atoms with E-state index < -0.39 is 23.8 Å². The van der Waals surface area contributed by atoms with Crippen molar-refractivity contribution < 1.29 is 23.9 Å². The summed E-state index contributed by atoms with van der Waals surface area (Å²) in [6.45, 7) is 1.33. The topological polar surface area (TPSA) is 96.0 Å². The van der Waals surface area contributed by atoms with Crippen LogP contribution in [-0.4, -0.2) is 60.9 Å². The molecule has 8 heteroatoms. The molecular formula is C19H21N3O5. The van der Waals surface area contributed by atoms with Crippen LogP contribution in [0.5, 0.6) is 0 Å². The van der Waals surface area contributed by atoms with Gasteiger partial charge in [0.2, 0.25) is 11.8 Å². The van der Waals surface area contributed by atoms with E-state index in [2.05, 4.69) is 5.32 Å². The highest BCUT2D eigenvalue weighted by Crippen LogP contribution is 2.35. The van der Waals surface area contributed by atoms with E-state index in [1.54, 1.807) is 12.1 Å². The number of anilines is 1. The predicted octanol–water partition coefficient (Wildman–Crippen LogP) is 0.703. The third-order valence-electron chi connectivity index (χ3n) is 5.56. The van der Waals surface area contributed by atoms with Crippen molar-refractivity contribution >= 4 is 29.3 Å². The number of piperidine rings is 1. The van der Waals surface area contributed by atoms with Gasteiger partial charge in [-0.1, -0.05) is 6.07 Å². The van der Waals surface area contributed by atoms with Gasteiger partial charge >= 0.3 is 0 Å². The van der Waals surface area contributed by atoms with Gasteiger partial charge in [-0.05, 0) is 31.4 Å². The second-order valence-corrected chi connectivity index (χ2v) is 7.10. The van der Waals surface area contributed by atoms with Gasteiger partial charge in [-0.25, -0.2) is 0 Å². The number of amides is 4. The Morgan fingerprint density at radius 1 is 1.07 bits per heavy atom. The van der Waals surface area contributed by atoms with Gasteiger partial charge in [-0.2, -0.15) is 0 Å². The van der Waals surface area contributed by atoms with Gasteiger partial charge in [0, 0.05) is 32.7 Å². The summed E-state index contributed by atoms with van der Waals surface area (Å²) in [6.07, 6.45) is 1.96. The maximum Gasteiger partial charge on any atom is 0.264 e. The van der Waals surface area contributed by atoms with E-state index >= 15 is 0 Å². The van der Waals surface area contributed by atoms with Gasteiger partial charge in [0.25, 0.3) is 11.8 Å². The predicted molar refractivity (Wildman–Crippen MR) is 95.4 cm³/mol. The highest BCUT2D eigenvalue weighted by molar-refractivity contribution is 6.25. The number of benzene rings is 1. The van der Waals surface area contributed by atoms with Crippen LogP contribution in [0.1, 0.15) is 46.4 Å². The van der Waals surface area contributed by atoms with E-state index in [1.165, 1.54) is 0 Å². The zero-order chi connectivity index (χ0) is 19.1. The standard InChI is InChI=1S/C19H21N3O5/c1-21(11-7-9-27-10-8-11)13-4-2-3-12-16(13)19(26)22(18(12)25)14-5-6-15(23)20-17(14)24/h2-4,11,14H,5-10H2,1H3,(H,20,23,24). The van der Waals surface area contributed by atoms with E-state index in [-0.39, 0.29) is 24.8 Å². The van der Waals surface area contributed by atoms with Crippen LogP contribution in [0.2, 0.25) is 0 Å². The van der Waals surface area contributed by atoms with Crippen LogP contribution in [0, 0.1) is 0 Å². The summed E-state index contributed by atoms with van der Waals surface area (Å²) in [4.78, 5) is 52.6. The van der Waals surface area contributed by atoms with Gasteiger partial charge in [0.15, 0.2) is 0 Å². The van der Waals surface area contributed by atoms with Crippen molar-refractivity contribution in [2.75, 3.05) is 25.2 Å². The average molecular weight is 371 g/mol. The third kappa shape index (κ3) is 2.90. The molecule has 8 nitrogen and oxygen atoms in total. The fourth-order valence-corrected chi connectivity index (χ4v) is 4.06. The van der Waals surface area contributed by atoms with Crippen LogP contribution in [0.4, 0.5) is 5.69 Å². The number of fused-ring (bicyclic) bond motifs is 1. The molecule has 27 heavy (non-hydrogen) atoms. The van der Waals surface area contributed by atoms with Crippen LogP contribution >= 0.6 is 0 Å². The van der Waals surface area contributed by atoms with E-state index in [4.69, 9.17) is 4.74 Å². The maximum absolute atomic E-state index is 13.1. The number of carbonyl (C=O) groups excluding carboxylic acids is 4. The zero-order valence-electron chi connectivity index (χ0n) is 15.1. The lowest BCUT2D eigenvalue weighted by Gasteiger charge is -2.34. The number of nitrogens with zero attached hydrogens (tertiary/aromatic N) is 2. The third-order valence-corrected chi connectivity index (χ3v) is 5.56. The molecule has 2 fully saturated rings. The largest absolute Gasteiger partial charge is 0.381 e. The molecule has 0 bridgehead atoms. The lowest BCUT2D eigenvalue weighted by Crippen LogP contribution is -2.54. The van der Waals surface area contributed by atoms with E-state index in [9.17, 15) is 19.2 Å². The maximum atomic E-state index is 13.1.